The molecule has 1 amide bonds. The summed E-state index contributed by atoms with van der Waals surface area (Å²) in [5, 5.41) is 8.36. The van der Waals surface area contributed by atoms with Crippen molar-refractivity contribution in [3.05, 3.63) is 88.9 Å². The molecule has 0 aliphatic heterocycles. The first kappa shape index (κ1) is 20.7. The van der Waals surface area contributed by atoms with Crippen molar-refractivity contribution in [2.75, 3.05) is 11.9 Å². The molecule has 8 heteroatoms. The molecule has 0 aliphatic carbocycles. The summed E-state index contributed by atoms with van der Waals surface area (Å²) in [5.41, 5.74) is 1.18. The highest BCUT2D eigenvalue weighted by Crippen LogP contribution is 2.25. The Bertz CT molecular complexity index is 1070. The predicted octanol–water partition coefficient (Wildman–Crippen LogP) is 3.57. The van der Waals surface area contributed by atoms with E-state index in [4.69, 9.17) is 21.5 Å². The van der Waals surface area contributed by atoms with E-state index >= 15 is 0 Å². The van der Waals surface area contributed by atoms with Crippen molar-refractivity contribution >= 4 is 40.0 Å². The quantitative estimate of drug-likeness (QED) is 0.562. The highest BCUT2D eigenvalue weighted by molar-refractivity contribution is 7.82. The van der Waals surface area contributed by atoms with E-state index in [9.17, 15) is 13.8 Å². The summed E-state index contributed by atoms with van der Waals surface area (Å²) in [6.07, 6.45) is 0. The van der Waals surface area contributed by atoms with Crippen molar-refractivity contribution in [1.82, 2.24) is 0 Å². The molecular formula is C21H17ClN2O4S. The molecule has 0 aliphatic rings. The van der Waals surface area contributed by atoms with Crippen LogP contribution in [0.4, 0.5) is 5.69 Å². The maximum atomic E-state index is 12.8. The second-order valence-electron chi connectivity index (χ2n) is 6.00. The lowest BCUT2D eigenvalue weighted by molar-refractivity contribution is -0.118. The molecule has 3 aromatic rings. The highest BCUT2D eigenvalue weighted by atomic mass is 35.5. The third-order valence-corrected chi connectivity index (χ3v) is 4.88. The Hall–Kier alpha value is -3.00. The molecule has 0 bridgehead atoms. The zero-order chi connectivity index (χ0) is 20.8. The number of carbonyl (C=O) groups excluding carboxylic acids is 2. The van der Waals surface area contributed by atoms with E-state index in [2.05, 4.69) is 5.32 Å². The molecule has 0 heterocycles. The van der Waals surface area contributed by atoms with Gasteiger partial charge in [0, 0.05) is 16.3 Å². The van der Waals surface area contributed by atoms with Gasteiger partial charge >= 0.3 is 0 Å². The molecule has 6 nitrogen and oxygen atoms in total. The van der Waals surface area contributed by atoms with Crippen LogP contribution >= 0.6 is 11.6 Å². The first-order valence-electron chi connectivity index (χ1n) is 8.52. The number of nitrogens with two attached hydrogens (primary N) is 1. The summed E-state index contributed by atoms with van der Waals surface area (Å²) in [5.74, 6) is -0.463. The van der Waals surface area contributed by atoms with Gasteiger partial charge in [-0.3, -0.25) is 9.59 Å². The summed E-state index contributed by atoms with van der Waals surface area (Å²) in [6.45, 7) is -0.327. The second kappa shape index (κ2) is 9.47. The lowest BCUT2D eigenvalue weighted by Crippen LogP contribution is -2.21. The Balaban J connectivity index is 1.72. The summed E-state index contributed by atoms with van der Waals surface area (Å²) in [6, 6.07) is 19.7. The van der Waals surface area contributed by atoms with E-state index in [0.717, 1.165) is 0 Å². The van der Waals surface area contributed by atoms with Gasteiger partial charge in [-0.2, -0.15) is 0 Å². The molecule has 3 rings (SSSR count). The van der Waals surface area contributed by atoms with E-state index in [1.807, 2.05) is 6.07 Å². The fraction of sp³-hybridized carbons (Fsp3) is 0.0476. The van der Waals surface area contributed by atoms with Crippen LogP contribution in [0.15, 0.2) is 77.7 Å². The Morgan fingerprint density at radius 1 is 1.00 bits per heavy atom. The first-order chi connectivity index (χ1) is 13.9. The molecule has 0 radical (unpaired) electrons. The summed E-state index contributed by atoms with van der Waals surface area (Å²) in [4.78, 5) is 25.4. The van der Waals surface area contributed by atoms with Gasteiger partial charge in [0.2, 0.25) is 0 Å². The molecule has 148 valence electrons. The SMILES string of the molecule is NS(=O)c1cccc(NC(=O)COc2ccc(Cl)cc2C(=O)c2ccccc2)c1. The third kappa shape index (κ3) is 5.51. The number of nitrogens with one attached hydrogen (secondary N) is 1. The fourth-order valence-electron chi connectivity index (χ4n) is 2.59. The molecule has 0 aromatic heterocycles. The van der Waals surface area contributed by atoms with Gasteiger partial charge in [-0.05, 0) is 36.4 Å². The van der Waals surface area contributed by atoms with E-state index in [1.54, 1.807) is 54.6 Å². The van der Waals surface area contributed by atoms with Crippen LogP contribution in [0.3, 0.4) is 0 Å². The van der Waals surface area contributed by atoms with Crippen molar-refractivity contribution < 1.29 is 18.5 Å². The minimum atomic E-state index is -1.65. The zero-order valence-electron chi connectivity index (χ0n) is 15.1. The molecule has 1 unspecified atom stereocenters. The van der Waals surface area contributed by atoms with Crippen molar-refractivity contribution in [2.45, 2.75) is 4.90 Å². The molecule has 3 N–H and O–H groups in total. The van der Waals surface area contributed by atoms with Crippen LogP contribution in [0.5, 0.6) is 5.75 Å². The number of hydrogen-bond acceptors (Lipinski definition) is 4. The Labute approximate surface area is 175 Å². The number of anilines is 1. The van der Waals surface area contributed by atoms with E-state index in [1.165, 1.54) is 12.1 Å². The maximum absolute atomic E-state index is 12.8. The van der Waals surface area contributed by atoms with Crippen molar-refractivity contribution in [1.29, 1.82) is 0 Å². The molecule has 0 spiro atoms. The maximum Gasteiger partial charge on any atom is 0.262 e. The standard InChI is InChI=1S/C21H17ClN2O4S/c22-15-9-10-19(18(11-15)21(26)14-5-2-1-3-6-14)28-13-20(25)24-16-7-4-8-17(12-16)29(23)27/h1-12H,13,23H2,(H,24,25). The average molecular weight is 429 g/mol. The highest BCUT2D eigenvalue weighted by Gasteiger charge is 2.16. The largest absolute Gasteiger partial charge is 0.483 e. The number of halogens is 1. The minimum absolute atomic E-state index is 0.246. The van der Waals surface area contributed by atoms with Crippen LogP contribution in [0.2, 0.25) is 5.02 Å². The lowest BCUT2D eigenvalue weighted by Gasteiger charge is -2.12. The number of rotatable bonds is 7. The minimum Gasteiger partial charge on any atom is -0.483 e. The van der Waals surface area contributed by atoms with Crippen molar-refractivity contribution in [3.63, 3.8) is 0 Å². The zero-order valence-corrected chi connectivity index (χ0v) is 16.7. The molecule has 1 atom stereocenters. The van der Waals surface area contributed by atoms with E-state index in [0.29, 0.717) is 21.2 Å². The second-order valence-corrected chi connectivity index (χ2v) is 7.50. The number of carbonyl (C=O) groups is 2. The number of benzene rings is 3. The van der Waals surface area contributed by atoms with E-state index < -0.39 is 16.9 Å². The van der Waals surface area contributed by atoms with Crippen LogP contribution in [-0.4, -0.2) is 22.5 Å². The smallest absolute Gasteiger partial charge is 0.262 e. The predicted molar refractivity (Wildman–Crippen MR) is 112 cm³/mol. The Morgan fingerprint density at radius 2 is 1.76 bits per heavy atom. The number of amides is 1. The topological polar surface area (TPSA) is 98.5 Å². The van der Waals surface area contributed by atoms with Gasteiger partial charge in [-0.1, -0.05) is 48.0 Å². The number of ether oxygens (including phenoxy) is 1. The summed E-state index contributed by atoms with van der Waals surface area (Å²) in [7, 11) is -1.65. The third-order valence-electron chi connectivity index (χ3n) is 3.93. The van der Waals surface area contributed by atoms with Gasteiger partial charge in [-0.25, -0.2) is 9.35 Å². The first-order valence-corrected chi connectivity index (χ1v) is 10.1. The summed E-state index contributed by atoms with van der Waals surface area (Å²) < 4.78 is 16.9. The Morgan fingerprint density at radius 3 is 2.48 bits per heavy atom. The average Bonchev–Trinajstić information content (AvgIpc) is 2.73. The van der Waals surface area contributed by atoms with Gasteiger partial charge in [0.25, 0.3) is 5.91 Å². The van der Waals surface area contributed by atoms with Crippen LogP contribution in [-0.2, 0) is 15.8 Å². The number of ketones is 1. The van der Waals surface area contributed by atoms with Gasteiger partial charge in [0.05, 0.1) is 10.5 Å². The molecule has 3 aromatic carbocycles. The van der Waals surface area contributed by atoms with Crippen molar-refractivity contribution in [2.24, 2.45) is 5.14 Å². The van der Waals surface area contributed by atoms with Crippen LogP contribution in [0, 0.1) is 0 Å². The van der Waals surface area contributed by atoms with Gasteiger partial charge in [-0.15, -0.1) is 0 Å². The summed E-state index contributed by atoms with van der Waals surface area (Å²) >= 11 is 6.04. The van der Waals surface area contributed by atoms with Gasteiger partial charge < -0.3 is 10.1 Å². The van der Waals surface area contributed by atoms with E-state index in [-0.39, 0.29) is 23.7 Å². The fourth-order valence-corrected chi connectivity index (χ4v) is 3.22. The molecular weight excluding hydrogens is 412 g/mol. The lowest BCUT2D eigenvalue weighted by atomic mass is 10.0. The molecule has 29 heavy (non-hydrogen) atoms. The van der Waals surface area contributed by atoms with Gasteiger partial charge in [0.1, 0.15) is 16.7 Å². The number of hydrogen-bond donors (Lipinski definition) is 2. The van der Waals surface area contributed by atoms with Crippen LogP contribution < -0.4 is 15.2 Å². The van der Waals surface area contributed by atoms with Crippen LogP contribution in [0.25, 0.3) is 0 Å². The Kier molecular flexibility index (Phi) is 6.77. The van der Waals surface area contributed by atoms with Gasteiger partial charge in [0.15, 0.2) is 12.4 Å². The molecule has 0 saturated heterocycles. The van der Waals surface area contributed by atoms with Crippen LogP contribution in [0.1, 0.15) is 15.9 Å². The van der Waals surface area contributed by atoms with Crippen molar-refractivity contribution in [3.8, 4) is 5.75 Å². The molecule has 0 fully saturated rings. The monoisotopic (exact) mass is 428 g/mol. The normalized spacial score (nSPS) is 11.5. The molecule has 0 saturated carbocycles.